The van der Waals surface area contributed by atoms with E-state index in [9.17, 15) is 9.59 Å². The predicted octanol–water partition coefficient (Wildman–Crippen LogP) is 5.26. The third kappa shape index (κ3) is 4.55. The molecular weight excluding hydrogens is 467 g/mol. The summed E-state index contributed by atoms with van der Waals surface area (Å²) in [4.78, 5) is 26.9. The number of fused-ring (bicyclic) bond motifs is 2. The first kappa shape index (κ1) is 21.4. The molecule has 11 heteroatoms. The maximum atomic E-state index is 12.8. The van der Waals surface area contributed by atoms with Gasteiger partial charge in [0.25, 0.3) is 5.91 Å². The number of benzene rings is 2. The molecule has 0 radical (unpaired) electrons. The summed E-state index contributed by atoms with van der Waals surface area (Å²) < 4.78 is 5.40. The van der Waals surface area contributed by atoms with Crippen molar-refractivity contribution in [1.29, 1.82) is 0 Å². The molecule has 0 atom stereocenters. The first-order valence-corrected chi connectivity index (χ1v) is 11.0. The quantitative estimate of drug-likeness (QED) is 0.525. The first-order valence-electron chi connectivity index (χ1n) is 10.2. The number of rotatable bonds is 4. The number of hydrogen-bond donors (Lipinski definition) is 2. The molecule has 2 aliphatic rings. The molecule has 1 aromatic heterocycles. The third-order valence-corrected chi connectivity index (χ3v) is 5.89. The molecule has 2 aliphatic heterocycles. The third-order valence-electron chi connectivity index (χ3n) is 5.45. The molecular formula is C22H18Cl2N6O3. The number of ether oxygens (including phenoxy) is 1. The molecule has 168 valence electrons. The molecule has 2 aromatic carbocycles. The highest BCUT2D eigenvalue weighted by molar-refractivity contribution is 6.34. The standard InChI is InChI=1S/C22H18Cl2N6O3/c23-14-5-12(6-15(24)7-14)11-33-22(32)30-4-3-17-19(10-30)28-29-20(17)21(31)26-16-2-1-13-9-25-27-18(13)8-16/h1-2,5-8H,3-4,9-11H2,(H,26,31)(H,28,29). The summed E-state index contributed by atoms with van der Waals surface area (Å²) in [6.45, 7) is 1.28. The fourth-order valence-corrected chi connectivity index (χ4v) is 4.41. The summed E-state index contributed by atoms with van der Waals surface area (Å²) in [5.74, 6) is -0.323. The van der Waals surface area contributed by atoms with Gasteiger partial charge in [0.1, 0.15) is 6.61 Å². The lowest BCUT2D eigenvalue weighted by Gasteiger charge is -2.26. The summed E-state index contributed by atoms with van der Waals surface area (Å²) in [5.41, 5.74) is 4.91. The number of nitrogens with zero attached hydrogens (tertiary/aromatic N) is 4. The van der Waals surface area contributed by atoms with Crippen molar-refractivity contribution in [2.24, 2.45) is 10.2 Å². The number of hydrogen-bond acceptors (Lipinski definition) is 6. The van der Waals surface area contributed by atoms with Gasteiger partial charge in [-0.15, -0.1) is 0 Å². The van der Waals surface area contributed by atoms with Gasteiger partial charge < -0.3 is 15.0 Å². The largest absolute Gasteiger partial charge is 0.445 e. The van der Waals surface area contributed by atoms with Crippen molar-refractivity contribution < 1.29 is 14.3 Å². The average Bonchev–Trinajstić information content (AvgIpc) is 3.43. The molecule has 2 amide bonds. The van der Waals surface area contributed by atoms with Gasteiger partial charge in [-0.25, -0.2) is 4.79 Å². The Balaban J connectivity index is 1.22. The van der Waals surface area contributed by atoms with Gasteiger partial charge in [0, 0.05) is 33.4 Å². The van der Waals surface area contributed by atoms with Gasteiger partial charge in [-0.05, 0) is 42.3 Å². The highest BCUT2D eigenvalue weighted by Gasteiger charge is 2.28. The number of aromatic amines is 1. The van der Waals surface area contributed by atoms with Gasteiger partial charge in [0.2, 0.25) is 0 Å². The van der Waals surface area contributed by atoms with E-state index in [1.165, 1.54) is 0 Å². The zero-order chi connectivity index (χ0) is 22.9. The smallest absolute Gasteiger partial charge is 0.410 e. The molecule has 0 spiro atoms. The number of halogens is 2. The van der Waals surface area contributed by atoms with Crippen molar-refractivity contribution in [1.82, 2.24) is 15.1 Å². The first-order chi connectivity index (χ1) is 16.0. The van der Waals surface area contributed by atoms with Crippen molar-refractivity contribution in [3.05, 3.63) is 74.5 Å². The van der Waals surface area contributed by atoms with E-state index in [1.807, 2.05) is 12.1 Å². The number of H-pyrrole nitrogens is 1. The molecule has 3 aromatic rings. The molecule has 0 aliphatic carbocycles. The Hall–Kier alpha value is -3.43. The van der Waals surface area contributed by atoms with Crippen LogP contribution in [0.4, 0.5) is 16.2 Å². The van der Waals surface area contributed by atoms with Crippen LogP contribution < -0.4 is 5.32 Å². The van der Waals surface area contributed by atoms with Crippen LogP contribution in [0.2, 0.25) is 10.0 Å². The number of carbonyl (C=O) groups is 2. The van der Waals surface area contributed by atoms with Gasteiger partial charge in [-0.3, -0.25) is 9.89 Å². The Kier molecular flexibility index (Phi) is 5.74. The molecule has 0 fully saturated rings. The van der Waals surface area contributed by atoms with Crippen LogP contribution >= 0.6 is 23.2 Å². The Labute approximate surface area is 198 Å². The minimum atomic E-state index is -0.468. The van der Waals surface area contributed by atoms with Crippen molar-refractivity contribution in [3.8, 4) is 0 Å². The van der Waals surface area contributed by atoms with Crippen molar-refractivity contribution in [2.75, 3.05) is 11.9 Å². The highest BCUT2D eigenvalue weighted by atomic mass is 35.5. The second-order valence-corrected chi connectivity index (χ2v) is 8.60. The van der Waals surface area contributed by atoms with E-state index in [2.05, 4.69) is 25.7 Å². The zero-order valence-electron chi connectivity index (χ0n) is 17.3. The average molecular weight is 485 g/mol. The predicted molar refractivity (Wildman–Crippen MR) is 122 cm³/mol. The maximum absolute atomic E-state index is 12.8. The van der Waals surface area contributed by atoms with Gasteiger partial charge in [-0.2, -0.15) is 15.3 Å². The summed E-state index contributed by atoms with van der Waals surface area (Å²) in [7, 11) is 0. The van der Waals surface area contributed by atoms with Crippen LogP contribution in [-0.4, -0.2) is 33.6 Å². The molecule has 9 nitrogen and oxygen atoms in total. The monoisotopic (exact) mass is 484 g/mol. The molecule has 3 heterocycles. The zero-order valence-corrected chi connectivity index (χ0v) is 18.8. The number of amides is 2. The van der Waals surface area contributed by atoms with Crippen molar-refractivity contribution >= 4 is 46.6 Å². The van der Waals surface area contributed by atoms with Crippen LogP contribution in [0.3, 0.4) is 0 Å². The van der Waals surface area contributed by atoms with Crippen LogP contribution in [0.15, 0.2) is 46.6 Å². The molecule has 2 N–H and O–H groups in total. The fraction of sp³-hybridized carbons (Fsp3) is 0.227. The van der Waals surface area contributed by atoms with Crippen LogP contribution in [0.25, 0.3) is 0 Å². The fourth-order valence-electron chi connectivity index (χ4n) is 3.84. The van der Waals surface area contributed by atoms with Crippen molar-refractivity contribution in [2.45, 2.75) is 26.1 Å². The lowest BCUT2D eigenvalue weighted by molar-refractivity contribution is 0.0913. The van der Waals surface area contributed by atoms with E-state index in [-0.39, 0.29) is 19.1 Å². The summed E-state index contributed by atoms with van der Waals surface area (Å²) >= 11 is 12.0. The van der Waals surface area contributed by atoms with E-state index in [4.69, 9.17) is 27.9 Å². The summed E-state index contributed by atoms with van der Waals surface area (Å²) in [6.07, 6.45) is 0.00935. The van der Waals surface area contributed by atoms with E-state index >= 15 is 0 Å². The summed E-state index contributed by atoms with van der Waals surface area (Å²) in [6, 6.07) is 10.5. The second-order valence-electron chi connectivity index (χ2n) is 7.73. The maximum Gasteiger partial charge on any atom is 0.410 e. The molecule has 0 saturated heterocycles. The van der Waals surface area contributed by atoms with E-state index in [0.717, 1.165) is 16.8 Å². The van der Waals surface area contributed by atoms with Gasteiger partial charge >= 0.3 is 6.09 Å². The minimum Gasteiger partial charge on any atom is -0.445 e. The molecule has 0 unspecified atom stereocenters. The Morgan fingerprint density at radius 3 is 2.79 bits per heavy atom. The number of carbonyl (C=O) groups excluding carboxylic acids is 2. The van der Waals surface area contributed by atoms with Gasteiger partial charge in [0.05, 0.1) is 24.5 Å². The molecule has 33 heavy (non-hydrogen) atoms. The topological polar surface area (TPSA) is 112 Å². The number of azo groups is 1. The van der Waals surface area contributed by atoms with Crippen LogP contribution in [0.1, 0.15) is 32.9 Å². The molecule has 0 bridgehead atoms. The van der Waals surface area contributed by atoms with Crippen LogP contribution in [-0.2, 0) is 30.9 Å². The van der Waals surface area contributed by atoms with E-state index in [1.54, 1.807) is 29.2 Å². The molecule has 0 saturated carbocycles. The molecule has 5 rings (SSSR count). The minimum absolute atomic E-state index is 0.0550. The Morgan fingerprint density at radius 2 is 1.97 bits per heavy atom. The lowest BCUT2D eigenvalue weighted by atomic mass is 10.0. The normalized spacial score (nSPS) is 14.1. The Morgan fingerprint density at radius 1 is 1.15 bits per heavy atom. The second kappa shape index (κ2) is 8.84. The van der Waals surface area contributed by atoms with Gasteiger partial charge in [-0.1, -0.05) is 29.3 Å². The number of anilines is 1. The number of aromatic nitrogens is 2. The van der Waals surface area contributed by atoms with Gasteiger partial charge in [0.15, 0.2) is 5.69 Å². The lowest BCUT2D eigenvalue weighted by Crippen LogP contribution is -2.36. The number of nitrogens with one attached hydrogen (secondary N) is 2. The van der Waals surface area contributed by atoms with Crippen LogP contribution in [0, 0.1) is 0 Å². The summed E-state index contributed by atoms with van der Waals surface area (Å²) in [5, 5.41) is 18.9. The SMILES string of the molecule is O=C(Nc1ccc2c(c1)N=NC2)c1n[nH]c2c1CCN(C(=O)OCc1cc(Cl)cc(Cl)c1)C2. The van der Waals surface area contributed by atoms with E-state index < -0.39 is 6.09 Å². The van der Waals surface area contributed by atoms with Crippen molar-refractivity contribution in [3.63, 3.8) is 0 Å². The van der Waals surface area contributed by atoms with Crippen LogP contribution in [0.5, 0.6) is 0 Å². The van der Waals surface area contributed by atoms with E-state index in [0.29, 0.717) is 52.2 Å². The highest BCUT2D eigenvalue weighted by Crippen LogP contribution is 2.30. The Bertz CT molecular complexity index is 1270.